The van der Waals surface area contributed by atoms with Crippen LogP contribution in [0.1, 0.15) is 38.9 Å². The average Bonchev–Trinajstić information content (AvgIpc) is 2.69. The summed E-state index contributed by atoms with van der Waals surface area (Å²) in [6.07, 6.45) is 0.976. The van der Waals surface area contributed by atoms with Gasteiger partial charge in [0, 0.05) is 19.1 Å². The molecule has 2 atom stereocenters. The minimum atomic E-state index is -0.871. The second-order valence-electron chi connectivity index (χ2n) is 4.62. The lowest BCUT2D eigenvalue weighted by molar-refractivity contribution is -0.384. The van der Waals surface area contributed by atoms with Crippen LogP contribution in [-0.2, 0) is 14.2 Å². The summed E-state index contributed by atoms with van der Waals surface area (Å²) in [5, 5.41) is 0. The van der Waals surface area contributed by atoms with Gasteiger partial charge in [-0.1, -0.05) is 37.3 Å². The van der Waals surface area contributed by atoms with Gasteiger partial charge in [-0.2, -0.15) is 0 Å². The Morgan fingerprint density at radius 1 is 1.17 bits per heavy atom. The van der Waals surface area contributed by atoms with Gasteiger partial charge >= 0.3 is 0 Å². The van der Waals surface area contributed by atoms with Crippen molar-refractivity contribution in [2.24, 2.45) is 5.92 Å². The fraction of sp³-hybridized carbons (Fsp3) is 0.600. The summed E-state index contributed by atoms with van der Waals surface area (Å²) in [5.41, 5.74) is 1.19. The van der Waals surface area contributed by atoms with Gasteiger partial charge in [0.1, 0.15) is 0 Å². The van der Waals surface area contributed by atoms with Gasteiger partial charge in [0.05, 0.1) is 6.10 Å². The van der Waals surface area contributed by atoms with Crippen molar-refractivity contribution >= 4 is 0 Å². The molecule has 0 aromatic heterocycles. The standard InChI is InChI=1S/C15H22O3/c1-4-16-15(17-5-2)12(3)11-14(18-15)13-9-7-6-8-10-13/h6-10,12,14H,4-5,11H2,1-3H3. The zero-order valence-electron chi connectivity index (χ0n) is 11.4. The molecule has 1 saturated heterocycles. The molecule has 1 aliphatic rings. The molecule has 0 amide bonds. The SMILES string of the molecule is CCOC1(OCC)OC(c2ccccc2)CC1C. The van der Waals surface area contributed by atoms with Gasteiger partial charge in [0.2, 0.25) is 0 Å². The molecule has 18 heavy (non-hydrogen) atoms. The molecule has 0 bridgehead atoms. The summed E-state index contributed by atoms with van der Waals surface area (Å²) >= 11 is 0. The van der Waals surface area contributed by atoms with Crippen LogP contribution >= 0.6 is 0 Å². The number of hydrogen-bond acceptors (Lipinski definition) is 3. The highest BCUT2D eigenvalue weighted by atomic mass is 16.9. The Bertz CT molecular complexity index is 357. The van der Waals surface area contributed by atoms with Crippen molar-refractivity contribution in [3.05, 3.63) is 35.9 Å². The summed E-state index contributed by atoms with van der Waals surface area (Å²) in [6, 6.07) is 10.3. The quantitative estimate of drug-likeness (QED) is 0.748. The van der Waals surface area contributed by atoms with E-state index in [0.717, 1.165) is 6.42 Å². The van der Waals surface area contributed by atoms with E-state index >= 15 is 0 Å². The van der Waals surface area contributed by atoms with Gasteiger partial charge in [-0.05, 0) is 25.8 Å². The minimum Gasteiger partial charge on any atom is -0.328 e. The Morgan fingerprint density at radius 2 is 1.78 bits per heavy atom. The predicted octanol–water partition coefficient (Wildman–Crippen LogP) is 3.51. The Morgan fingerprint density at radius 3 is 2.33 bits per heavy atom. The molecule has 1 aromatic carbocycles. The molecule has 0 spiro atoms. The van der Waals surface area contributed by atoms with E-state index in [0.29, 0.717) is 13.2 Å². The van der Waals surface area contributed by atoms with Crippen molar-refractivity contribution in [2.75, 3.05) is 13.2 Å². The molecular weight excluding hydrogens is 228 g/mol. The van der Waals surface area contributed by atoms with Gasteiger partial charge in [-0.25, -0.2) is 0 Å². The zero-order chi connectivity index (χ0) is 13.0. The van der Waals surface area contributed by atoms with E-state index in [1.165, 1.54) is 5.56 Å². The highest BCUT2D eigenvalue weighted by Gasteiger charge is 2.49. The maximum atomic E-state index is 6.08. The maximum Gasteiger partial charge on any atom is 0.286 e. The first-order chi connectivity index (χ1) is 8.72. The monoisotopic (exact) mass is 250 g/mol. The third-order valence-electron chi connectivity index (χ3n) is 3.34. The summed E-state index contributed by atoms with van der Waals surface area (Å²) < 4.78 is 17.6. The van der Waals surface area contributed by atoms with Gasteiger partial charge < -0.3 is 14.2 Å². The number of hydrogen-bond donors (Lipinski definition) is 0. The van der Waals surface area contributed by atoms with E-state index in [2.05, 4.69) is 19.1 Å². The van der Waals surface area contributed by atoms with Gasteiger partial charge in [0.25, 0.3) is 5.97 Å². The Kier molecular flexibility index (Phi) is 4.38. The van der Waals surface area contributed by atoms with E-state index in [-0.39, 0.29) is 12.0 Å². The van der Waals surface area contributed by atoms with Crippen LogP contribution in [0.5, 0.6) is 0 Å². The van der Waals surface area contributed by atoms with E-state index in [9.17, 15) is 0 Å². The van der Waals surface area contributed by atoms with Crippen LogP contribution in [0.4, 0.5) is 0 Å². The fourth-order valence-electron chi connectivity index (χ4n) is 2.50. The summed E-state index contributed by atoms with van der Waals surface area (Å²) in [4.78, 5) is 0. The maximum absolute atomic E-state index is 6.08. The van der Waals surface area contributed by atoms with Crippen molar-refractivity contribution in [2.45, 2.75) is 39.3 Å². The number of benzene rings is 1. The smallest absolute Gasteiger partial charge is 0.286 e. The molecule has 0 aliphatic carbocycles. The molecule has 3 heteroatoms. The molecule has 0 radical (unpaired) electrons. The lowest BCUT2D eigenvalue weighted by Crippen LogP contribution is -2.40. The third-order valence-corrected chi connectivity index (χ3v) is 3.34. The normalized spacial score (nSPS) is 26.4. The summed E-state index contributed by atoms with van der Waals surface area (Å²) in [6.45, 7) is 7.23. The summed E-state index contributed by atoms with van der Waals surface area (Å²) in [7, 11) is 0. The van der Waals surface area contributed by atoms with Crippen LogP contribution in [0.25, 0.3) is 0 Å². The van der Waals surface area contributed by atoms with Crippen LogP contribution in [0.15, 0.2) is 30.3 Å². The van der Waals surface area contributed by atoms with Crippen molar-refractivity contribution in [1.82, 2.24) is 0 Å². The molecule has 2 unspecified atom stereocenters. The van der Waals surface area contributed by atoms with E-state index in [1.54, 1.807) is 0 Å². The predicted molar refractivity (Wildman–Crippen MR) is 70.0 cm³/mol. The zero-order valence-corrected chi connectivity index (χ0v) is 11.4. The van der Waals surface area contributed by atoms with Crippen LogP contribution in [-0.4, -0.2) is 19.2 Å². The van der Waals surface area contributed by atoms with Crippen molar-refractivity contribution in [3.8, 4) is 0 Å². The van der Waals surface area contributed by atoms with Crippen LogP contribution in [0, 0.1) is 5.92 Å². The van der Waals surface area contributed by atoms with Crippen molar-refractivity contribution in [1.29, 1.82) is 0 Å². The molecule has 0 saturated carbocycles. The molecular formula is C15H22O3. The minimum absolute atomic E-state index is 0.0549. The van der Waals surface area contributed by atoms with E-state index < -0.39 is 5.97 Å². The molecule has 1 fully saturated rings. The van der Waals surface area contributed by atoms with Gasteiger partial charge in [0.15, 0.2) is 0 Å². The van der Waals surface area contributed by atoms with Gasteiger partial charge in [-0.3, -0.25) is 0 Å². The second-order valence-corrected chi connectivity index (χ2v) is 4.62. The third kappa shape index (κ3) is 2.58. The lowest BCUT2D eigenvalue weighted by atomic mass is 10.0. The number of ether oxygens (including phenoxy) is 3. The Hall–Kier alpha value is -0.900. The highest BCUT2D eigenvalue weighted by molar-refractivity contribution is 5.18. The molecule has 0 N–H and O–H groups in total. The molecule has 3 nitrogen and oxygen atoms in total. The lowest BCUT2D eigenvalue weighted by Gasteiger charge is -2.31. The average molecular weight is 250 g/mol. The topological polar surface area (TPSA) is 27.7 Å². The molecule has 2 rings (SSSR count). The fourth-order valence-corrected chi connectivity index (χ4v) is 2.50. The van der Waals surface area contributed by atoms with E-state index in [4.69, 9.17) is 14.2 Å². The first-order valence-corrected chi connectivity index (χ1v) is 6.72. The largest absolute Gasteiger partial charge is 0.328 e. The van der Waals surface area contributed by atoms with E-state index in [1.807, 2.05) is 32.0 Å². The first kappa shape index (κ1) is 13.5. The Labute approximate surface area is 109 Å². The van der Waals surface area contributed by atoms with Gasteiger partial charge in [-0.15, -0.1) is 0 Å². The summed E-state index contributed by atoms with van der Waals surface area (Å²) in [5.74, 6) is -0.646. The van der Waals surface area contributed by atoms with Crippen LogP contribution < -0.4 is 0 Å². The molecule has 1 aliphatic heterocycles. The molecule has 1 heterocycles. The first-order valence-electron chi connectivity index (χ1n) is 6.72. The Balaban J connectivity index is 2.16. The van der Waals surface area contributed by atoms with Crippen molar-refractivity contribution < 1.29 is 14.2 Å². The van der Waals surface area contributed by atoms with Crippen LogP contribution in [0.3, 0.4) is 0 Å². The number of rotatable bonds is 5. The van der Waals surface area contributed by atoms with Crippen molar-refractivity contribution in [3.63, 3.8) is 0 Å². The second kappa shape index (κ2) is 5.83. The molecule has 100 valence electrons. The molecule has 1 aromatic rings. The highest BCUT2D eigenvalue weighted by Crippen LogP contribution is 2.44. The van der Waals surface area contributed by atoms with Crippen LogP contribution in [0.2, 0.25) is 0 Å².